The number of hydrogen-bond acceptors (Lipinski definition) is 2. The minimum absolute atomic E-state index is 0.466. The van der Waals surface area contributed by atoms with E-state index in [-0.39, 0.29) is 0 Å². The predicted molar refractivity (Wildman–Crippen MR) is 80.6 cm³/mol. The molecule has 1 unspecified atom stereocenters. The number of aryl methyl sites for hydroxylation is 2. The number of aliphatic hydroxyl groups excluding tert-OH is 1. The summed E-state index contributed by atoms with van der Waals surface area (Å²) in [6, 6.07) is 16.2. The van der Waals surface area contributed by atoms with E-state index in [2.05, 4.69) is 36.9 Å². The van der Waals surface area contributed by atoms with E-state index in [1.165, 1.54) is 16.8 Å². The largest absolute Gasteiger partial charge is 0.387 e. The highest BCUT2D eigenvalue weighted by molar-refractivity contribution is 5.54. The van der Waals surface area contributed by atoms with Gasteiger partial charge in [0.2, 0.25) is 0 Å². The Hall–Kier alpha value is -1.80. The zero-order valence-electron chi connectivity index (χ0n) is 11.8. The van der Waals surface area contributed by atoms with Crippen LogP contribution in [0.25, 0.3) is 0 Å². The maximum Gasteiger partial charge on any atom is 0.0964 e. The SMILES string of the molecule is Cc1ccc(N(C)CC(O)c2ccccc2)c(C)c1. The van der Waals surface area contributed by atoms with E-state index < -0.39 is 6.10 Å². The molecule has 1 atom stereocenters. The smallest absolute Gasteiger partial charge is 0.0964 e. The van der Waals surface area contributed by atoms with E-state index in [0.29, 0.717) is 6.54 Å². The van der Waals surface area contributed by atoms with Gasteiger partial charge < -0.3 is 10.0 Å². The van der Waals surface area contributed by atoms with E-state index in [1.807, 2.05) is 37.4 Å². The Bertz CT molecular complexity index is 536. The minimum atomic E-state index is -0.466. The molecule has 2 rings (SSSR count). The van der Waals surface area contributed by atoms with Crippen molar-refractivity contribution >= 4 is 5.69 Å². The molecule has 2 aromatic rings. The van der Waals surface area contributed by atoms with E-state index in [4.69, 9.17) is 0 Å². The second-order valence-corrected chi connectivity index (χ2v) is 5.10. The molecule has 19 heavy (non-hydrogen) atoms. The summed E-state index contributed by atoms with van der Waals surface area (Å²) < 4.78 is 0. The van der Waals surface area contributed by atoms with Crippen LogP contribution in [0.1, 0.15) is 22.8 Å². The summed E-state index contributed by atoms with van der Waals surface area (Å²) in [5.74, 6) is 0. The molecular formula is C17H21NO. The third-order valence-corrected chi connectivity index (χ3v) is 3.39. The van der Waals surface area contributed by atoms with Crippen molar-refractivity contribution in [2.75, 3.05) is 18.5 Å². The monoisotopic (exact) mass is 255 g/mol. The van der Waals surface area contributed by atoms with E-state index in [9.17, 15) is 5.11 Å². The molecule has 2 aromatic carbocycles. The van der Waals surface area contributed by atoms with Crippen molar-refractivity contribution in [1.29, 1.82) is 0 Å². The number of anilines is 1. The summed E-state index contributed by atoms with van der Waals surface area (Å²) in [6.07, 6.45) is -0.466. The number of aliphatic hydroxyl groups is 1. The Morgan fingerprint density at radius 3 is 2.37 bits per heavy atom. The van der Waals surface area contributed by atoms with E-state index in [1.54, 1.807) is 0 Å². The van der Waals surface area contributed by atoms with Gasteiger partial charge in [-0.15, -0.1) is 0 Å². The van der Waals surface area contributed by atoms with Gasteiger partial charge in [-0.05, 0) is 31.0 Å². The zero-order valence-corrected chi connectivity index (χ0v) is 11.8. The van der Waals surface area contributed by atoms with Crippen LogP contribution in [0.15, 0.2) is 48.5 Å². The van der Waals surface area contributed by atoms with Crippen molar-refractivity contribution in [3.8, 4) is 0 Å². The Balaban J connectivity index is 2.10. The van der Waals surface area contributed by atoms with Crippen LogP contribution in [0.5, 0.6) is 0 Å². The van der Waals surface area contributed by atoms with Crippen molar-refractivity contribution in [3.05, 3.63) is 65.2 Å². The van der Waals surface area contributed by atoms with Gasteiger partial charge in [-0.1, -0.05) is 48.0 Å². The molecular weight excluding hydrogens is 234 g/mol. The first-order valence-electron chi connectivity index (χ1n) is 6.59. The highest BCUT2D eigenvalue weighted by atomic mass is 16.3. The Labute approximate surface area is 115 Å². The quantitative estimate of drug-likeness (QED) is 0.904. The second kappa shape index (κ2) is 5.89. The lowest BCUT2D eigenvalue weighted by Gasteiger charge is -2.24. The number of hydrogen-bond donors (Lipinski definition) is 1. The topological polar surface area (TPSA) is 23.5 Å². The summed E-state index contributed by atoms with van der Waals surface area (Å²) in [7, 11) is 2.02. The van der Waals surface area contributed by atoms with Gasteiger partial charge in [-0.2, -0.15) is 0 Å². The fourth-order valence-electron chi connectivity index (χ4n) is 2.37. The van der Waals surface area contributed by atoms with Gasteiger partial charge >= 0.3 is 0 Å². The number of nitrogens with zero attached hydrogens (tertiary/aromatic N) is 1. The van der Waals surface area contributed by atoms with Crippen LogP contribution < -0.4 is 4.90 Å². The molecule has 0 bridgehead atoms. The summed E-state index contributed by atoms with van der Waals surface area (Å²) >= 11 is 0. The van der Waals surface area contributed by atoms with Gasteiger partial charge in [-0.25, -0.2) is 0 Å². The average molecular weight is 255 g/mol. The minimum Gasteiger partial charge on any atom is -0.387 e. The van der Waals surface area contributed by atoms with Crippen LogP contribution in [-0.2, 0) is 0 Å². The Morgan fingerprint density at radius 2 is 1.74 bits per heavy atom. The molecule has 0 saturated carbocycles. The van der Waals surface area contributed by atoms with Gasteiger partial charge in [0.25, 0.3) is 0 Å². The van der Waals surface area contributed by atoms with Crippen LogP contribution in [-0.4, -0.2) is 18.7 Å². The van der Waals surface area contributed by atoms with Crippen molar-refractivity contribution < 1.29 is 5.11 Å². The van der Waals surface area contributed by atoms with Crippen molar-refractivity contribution in [3.63, 3.8) is 0 Å². The molecule has 0 heterocycles. The maximum atomic E-state index is 10.3. The molecule has 100 valence electrons. The highest BCUT2D eigenvalue weighted by Crippen LogP contribution is 2.22. The lowest BCUT2D eigenvalue weighted by atomic mass is 10.1. The Kier molecular flexibility index (Phi) is 4.23. The molecule has 1 N–H and O–H groups in total. The molecule has 2 nitrogen and oxygen atoms in total. The first kappa shape index (κ1) is 13.6. The van der Waals surface area contributed by atoms with Gasteiger partial charge in [0, 0.05) is 19.3 Å². The molecule has 0 saturated heterocycles. The second-order valence-electron chi connectivity index (χ2n) is 5.10. The fraction of sp³-hybridized carbons (Fsp3) is 0.294. The number of benzene rings is 2. The van der Waals surface area contributed by atoms with Crippen LogP contribution >= 0.6 is 0 Å². The van der Waals surface area contributed by atoms with Crippen LogP contribution in [0.4, 0.5) is 5.69 Å². The van der Waals surface area contributed by atoms with Gasteiger partial charge in [-0.3, -0.25) is 0 Å². The highest BCUT2D eigenvalue weighted by Gasteiger charge is 2.12. The van der Waals surface area contributed by atoms with Crippen LogP contribution in [0.2, 0.25) is 0 Å². The third-order valence-electron chi connectivity index (χ3n) is 3.39. The zero-order chi connectivity index (χ0) is 13.8. The van der Waals surface area contributed by atoms with E-state index >= 15 is 0 Å². The molecule has 0 radical (unpaired) electrons. The molecule has 0 aliphatic heterocycles. The maximum absolute atomic E-state index is 10.3. The summed E-state index contributed by atoms with van der Waals surface area (Å²) in [6.45, 7) is 4.79. The molecule has 0 spiro atoms. The lowest BCUT2D eigenvalue weighted by molar-refractivity contribution is 0.185. The van der Waals surface area contributed by atoms with Crippen molar-refractivity contribution in [2.24, 2.45) is 0 Å². The number of likely N-dealkylation sites (N-methyl/N-ethyl adjacent to an activating group) is 1. The van der Waals surface area contributed by atoms with Crippen LogP contribution in [0, 0.1) is 13.8 Å². The van der Waals surface area contributed by atoms with Gasteiger partial charge in [0.15, 0.2) is 0 Å². The summed E-state index contributed by atoms with van der Waals surface area (Å²) in [5, 5.41) is 10.3. The summed E-state index contributed by atoms with van der Waals surface area (Å²) in [5.41, 5.74) is 4.63. The standard InChI is InChI=1S/C17H21NO/c1-13-9-10-16(14(2)11-13)18(3)12-17(19)15-7-5-4-6-8-15/h4-11,17,19H,12H2,1-3H3. The average Bonchev–Trinajstić information content (AvgIpc) is 2.39. The molecule has 0 fully saturated rings. The van der Waals surface area contributed by atoms with Gasteiger partial charge in [0.1, 0.15) is 0 Å². The molecule has 0 aliphatic rings. The predicted octanol–water partition coefficient (Wildman–Crippen LogP) is 3.47. The third kappa shape index (κ3) is 3.36. The molecule has 0 amide bonds. The molecule has 0 aliphatic carbocycles. The van der Waals surface area contributed by atoms with Crippen molar-refractivity contribution in [1.82, 2.24) is 0 Å². The lowest BCUT2D eigenvalue weighted by Crippen LogP contribution is -2.24. The van der Waals surface area contributed by atoms with Gasteiger partial charge in [0.05, 0.1) is 6.10 Å². The molecule has 2 heteroatoms. The first-order chi connectivity index (χ1) is 9.08. The van der Waals surface area contributed by atoms with E-state index in [0.717, 1.165) is 5.56 Å². The van der Waals surface area contributed by atoms with Crippen molar-refractivity contribution in [2.45, 2.75) is 20.0 Å². The first-order valence-corrected chi connectivity index (χ1v) is 6.59. The normalized spacial score (nSPS) is 12.2. The van der Waals surface area contributed by atoms with Crippen LogP contribution in [0.3, 0.4) is 0 Å². The fourth-order valence-corrected chi connectivity index (χ4v) is 2.37. The Morgan fingerprint density at radius 1 is 1.05 bits per heavy atom. The molecule has 0 aromatic heterocycles. The summed E-state index contributed by atoms with van der Waals surface area (Å²) in [4.78, 5) is 2.10. The number of rotatable bonds is 4.